The van der Waals surface area contributed by atoms with E-state index in [9.17, 15) is 19.8 Å². The Labute approximate surface area is 103 Å². The number of aliphatic hydroxyl groups is 2. The smallest absolute Gasteiger partial charge is 0.336 e. The third-order valence-corrected chi connectivity index (χ3v) is 2.59. The van der Waals surface area contributed by atoms with E-state index in [0.29, 0.717) is 0 Å². The van der Waals surface area contributed by atoms with E-state index in [-0.39, 0.29) is 22.3 Å². The second-order valence-electron chi connectivity index (χ2n) is 3.95. The van der Waals surface area contributed by atoms with Crippen LogP contribution in [0.5, 0.6) is 0 Å². The summed E-state index contributed by atoms with van der Waals surface area (Å²) in [6.07, 6.45) is -2.34. The standard InChI is InChI=1S/C12H14O6/c1-5(13)7-3-4-8(11(15)16)9(6(2)14)10(7)12(17)18/h3-6,13-14H,1-2H3,(H,15,16)(H,17,18). The van der Waals surface area contributed by atoms with Gasteiger partial charge in [-0.1, -0.05) is 6.07 Å². The fourth-order valence-corrected chi connectivity index (χ4v) is 1.84. The minimum atomic E-state index is -1.38. The maximum absolute atomic E-state index is 11.2. The van der Waals surface area contributed by atoms with Crippen LogP contribution in [0.15, 0.2) is 12.1 Å². The Bertz CT molecular complexity index is 490. The average molecular weight is 254 g/mol. The number of benzene rings is 1. The third-order valence-electron chi connectivity index (χ3n) is 2.59. The molecule has 2 unspecified atom stereocenters. The van der Waals surface area contributed by atoms with Crippen molar-refractivity contribution in [2.24, 2.45) is 0 Å². The maximum atomic E-state index is 11.2. The van der Waals surface area contributed by atoms with Crippen molar-refractivity contribution >= 4 is 11.9 Å². The van der Waals surface area contributed by atoms with Crippen LogP contribution in [-0.2, 0) is 0 Å². The Hall–Kier alpha value is -1.92. The molecule has 0 aliphatic heterocycles. The van der Waals surface area contributed by atoms with Gasteiger partial charge in [-0.2, -0.15) is 0 Å². The first-order valence-corrected chi connectivity index (χ1v) is 5.26. The van der Waals surface area contributed by atoms with Gasteiger partial charge in [0.1, 0.15) is 0 Å². The van der Waals surface area contributed by atoms with E-state index in [1.54, 1.807) is 0 Å². The van der Waals surface area contributed by atoms with Crippen LogP contribution >= 0.6 is 0 Å². The highest BCUT2D eigenvalue weighted by Gasteiger charge is 2.26. The molecule has 6 heteroatoms. The van der Waals surface area contributed by atoms with Crippen LogP contribution in [0, 0.1) is 0 Å². The molecule has 98 valence electrons. The number of carboxylic acid groups (broad SMARTS) is 2. The zero-order valence-electron chi connectivity index (χ0n) is 9.91. The summed E-state index contributed by atoms with van der Waals surface area (Å²) in [6, 6.07) is 2.42. The van der Waals surface area contributed by atoms with E-state index >= 15 is 0 Å². The highest BCUT2D eigenvalue weighted by molar-refractivity contribution is 5.98. The molecule has 0 saturated carbocycles. The van der Waals surface area contributed by atoms with Crippen LogP contribution in [0.3, 0.4) is 0 Å². The Balaban J connectivity index is 3.71. The van der Waals surface area contributed by atoms with Gasteiger partial charge in [-0.3, -0.25) is 0 Å². The van der Waals surface area contributed by atoms with Gasteiger partial charge in [0.25, 0.3) is 0 Å². The van der Waals surface area contributed by atoms with Crippen molar-refractivity contribution in [3.63, 3.8) is 0 Å². The molecule has 6 nitrogen and oxygen atoms in total. The van der Waals surface area contributed by atoms with E-state index in [4.69, 9.17) is 10.2 Å². The van der Waals surface area contributed by atoms with Crippen molar-refractivity contribution < 1.29 is 30.0 Å². The van der Waals surface area contributed by atoms with E-state index in [1.165, 1.54) is 26.0 Å². The van der Waals surface area contributed by atoms with E-state index in [1.807, 2.05) is 0 Å². The molecule has 0 aromatic heterocycles. The molecule has 0 heterocycles. The summed E-state index contributed by atoms with van der Waals surface area (Å²) >= 11 is 0. The summed E-state index contributed by atoms with van der Waals surface area (Å²) < 4.78 is 0. The molecule has 0 radical (unpaired) electrons. The van der Waals surface area contributed by atoms with Crippen molar-refractivity contribution in [2.45, 2.75) is 26.1 Å². The van der Waals surface area contributed by atoms with Crippen LogP contribution in [0.4, 0.5) is 0 Å². The van der Waals surface area contributed by atoms with E-state index < -0.39 is 24.1 Å². The molecule has 0 saturated heterocycles. The number of rotatable bonds is 4. The number of carboxylic acids is 2. The van der Waals surface area contributed by atoms with Gasteiger partial charge in [0, 0.05) is 5.56 Å². The second kappa shape index (κ2) is 5.16. The van der Waals surface area contributed by atoms with Gasteiger partial charge in [0.05, 0.1) is 23.3 Å². The third kappa shape index (κ3) is 2.49. The molecule has 4 N–H and O–H groups in total. The zero-order valence-corrected chi connectivity index (χ0v) is 9.91. The van der Waals surface area contributed by atoms with Crippen molar-refractivity contribution in [1.29, 1.82) is 0 Å². The minimum Gasteiger partial charge on any atom is -0.478 e. The SMILES string of the molecule is CC(O)c1ccc(C(=O)O)c(C(C)O)c1C(=O)O. The Morgan fingerprint density at radius 3 is 1.89 bits per heavy atom. The van der Waals surface area contributed by atoms with Crippen LogP contribution in [0.2, 0.25) is 0 Å². The lowest BCUT2D eigenvalue weighted by Gasteiger charge is -2.17. The van der Waals surface area contributed by atoms with Gasteiger partial charge in [-0.25, -0.2) is 9.59 Å². The number of hydrogen-bond acceptors (Lipinski definition) is 4. The van der Waals surface area contributed by atoms with Crippen LogP contribution < -0.4 is 0 Å². The monoisotopic (exact) mass is 254 g/mol. The number of carbonyl (C=O) groups is 2. The van der Waals surface area contributed by atoms with E-state index in [2.05, 4.69) is 0 Å². The van der Waals surface area contributed by atoms with Gasteiger partial charge >= 0.3 is 11.9 Å². The average Bonchev–Trinajstić information content (AvgIpc) is 2.26. The summed E-state index contributed by atoms with van der Waals surface area (Å²) in [7, 11) is 0. The van der Waals surface area contributed by atoms with Crippen molar-refractivity contribution in [2.75, 3.05) is 0 Å². The van der Waals surface area contributed by atoms with Crippen LogP contribution in [0.25, 0.3) is 0 Å². The van der Waals surface area contributed by atoms with E-state index in [0.717, 1.165) is 0 Å². The topological polar surface area (TPSA) is 115 Å². The summed E-state index contributed by atoms with van der Waals surface area (Å²) in [5.41, 5.74) is -0.775. The molecule has 0 amide bonds. The summed E-state index contributed by atoms with van der Waals surface area (Å²) in [5, 5.41) is 37.2. The van der Waals surface area contributed by atoms with Gasteiger partial charge in [0.2, 0.25) is 0 Å². The molecule has 0 bridgehead atoms. The fraction of sp³-hybridized carbons (Fsp3) is 0.333. The fourth-order valence-electron chi connectivity index (χ4n) is 1.84. The summed E-state index contributed by atoms with van der Waals surface area (Å²) in [4.78, 5) is 22.2. The van der Waals surface area contributed by atoms with Gasteiger partial charge in [-0.05, 0) is 25.5 Å². The zero-order chi connectivity index (χ0) is 14.0. The maximum Gasteiger partial charge on any atom is 0.336 e. The molecule has 2 atom stereocenters. The molecule has 1 aromatic rings. The molecule has 0 aliphatic carbocycles. The predicted molar refractivity (Wildman–Crippen MR) is 61.6 cm³/mol. The van der Waals surface area contributed by atoms with Gasteiger partial charge in [-0.15, -0.1) is 0 Å². The largest absolute Gasteiger partial charge is 0.478 e. The first-order valence-electron chi connectivity index (χ1n) is 5.26. The number of hydrogen-bond donors (Lipinski definition) is 4. The van der Waals surface area contributed by atoms with Crippen molar-refractivity contribution in [3.05, 3.63) is 34.4 Å². The lowest BCUT2D eigenvalue weighted by molar-refractivity contribution is 0.0678. The number of aliphatic hydroxyl groups excluding tert-OH is 2. The molecule has 1 aromatic carbocycles. The molecular weight excluding hydrogens is 240 g/mol. The molecular formula is C12H14O6. The molecule has 1 rings (SSSR count). The number of aromatic carboxylic acids is 2. The molecule has 0 aliphatic rings. The molecule has 0 spiro atoms. The van der Waals surface area contributed by atoms with Crippen molar-refractivity contribution in [1.82, 2.24) is 0 Å². The molecule has 18 heavy (non-hydrogen) atoms. The highest BCUT2D eigenvalue weighted by atomic mass is 16.4. The second-order valence-corrected chi connectivity index (χ2v) is 3.95. The lowest BCUT2D eigenvalue weighted by Crippen LogP contribution is -2.16. The first-order chi connectivity index (χ1) is 8.27. The summed E-state index contributed by atoms with van der Waals surface area (Å²) in [5.74, 6) is -2.71. The Kier molecular flexibility index (Phi) is 4.05. The predicted octanol–water partition coefficient (Wildman–Crippen LogP) is 1.19. The quantitative estimate of drug-likeness (QED) is 0.641. The van der Waals surface area contributed by atoms with Crippen LogP contribution in [-0.4, -0.2) is 32.4 Å². The normalized spacial score (nSPS) is 14.0. The highest BCUT2D eigenvalue weighted by Crippen LogP contribution is 2.29. The summed E-state index contributed by atoms with van der Waals surface area (Å²) in [6.45, 7) is 2.65. The Morgan fingerprint density at radius 1 is 1.00 bits per heavy atom. The minimum absolute atomic E-state index is 0.0726. The first kappa shape index (κ1) is 14.1. The van der Waals surface area contributed by atoms with Crippen LogP contribution in [0.1, 0.15) is 57.9 Å². The lowest BCUT2D eigenvalue weighted by atomic mass is 9.90. The Morgan fingerprint density at radius 2 is 1.56 bits per heavy atom. The van der Waals surface area contributed by atoms with Gasteiger partial charge in [0.15, 0.2) is 0 Å². The molecule has 0 fully saturated rings. The van der Waals surface area contributed by atoms with Gasteiger partial charge < -0.3 is 20.4 Å². The van der Waals surface area contributed by atoms with Crippen molar-refractivity contribution in [3.8, 4) is 0 Å².